The molecule has 0 radical (unpaired) electrons. The van der Waals surface area contributed by atoms with E-state index in [-0.39, 0.29) is 12.6 Å². The minimum atomic E-state index is -0.484. The predicted molar refractivity (Wildman–Crippen MR) is 85.6 cm³/mol. The van der Waals surface area contributed by atoms with Gasteiger partial charge in [0.25, 0.3) is 0 Å². The molecule has 1 unspecified atom stereocenters. The zero-order chi connectivity index (χ0) is 15.9. The Labute approximate surface area is 128 Å². The molecule has 1 aromatic carbocycles. The second-order valence-electron chi connectivity index (χ2n) is 6.08. The van der Waals surface area contributed by atoms with E-state index in [1.165, 1.54) is 5.56 Å². The molecule has 0 heterocycles. The third-order valence-electron chi connectivity index (χ3n) is 2.97. The fourth-order valence-electron chi connectivity index (χ4n) is 2.06. The summed E-state index contributed by atoms with van der Waals surface area (Å²) < 4.78 is 10.6. The molecule has 0 fully saturated rings. The molecule has 0 spiro atoms. The third-order valence-corrected chi connectivity index (χ3v) is 2.97. The fourth-order valence-corrected chi connectivity index (χ4v) is 2.06. The molecular formula is C18H26O3. The summed E-state index contributed by atoms with van der Waals surface area (Å²) in [5, 5.41) is 0. The second-order valence-corrected chi connectivity index (χ2v) is 6.08. The molecule has 0 aliphatic carbocycles. The van der Waals surface area contributed by atoms with Crippen molar-refractivity contribution < 1.29 is 14.3 Å². The van der Waals surface area contributed by atoms with E-state index >= 15 is 0 Å². The van der Waals surface area contributed by atoms with Crippen molar-refractivity contribution in [2.24, 2.45) is 0 Å². The van der Waals surface area contributed by atoms with Crippen molar-refractivity contribution in [3.8, 4) is 5.75 Å². The lowest BCUT2D eigenvalue weighted by Gasteiger charge is -2.19. The number of rotatable bonds is 7. The van der Waals surface area contributed by atoms with Crippen molar-refractivity contribution in [3.63, 3.8) is 0 Å². The van der Waals surface area contributed by atoms with Crippen molar-refractivity contribution in [1.29, 1.82) is 0 Å². The van der Waals surface area contributed by atoms with Crippen molar-refractivity contribution in [3.05, 3.63) is 42.5 Å². The first-order valence-corrected chi connectivity index (χ1v) is 7.43. The highest BCUT2D eigenvalue weighted by Crippen LogP contribution is 2.24. The fraction of sp³-hybridized carbons (Fsp3) is 0.500. The number of benzene rings is 1. The van der Waals surface area contributed by atoms with Gasteiger partial charge in [-0.2, -0.15) is 0 Å². The Bertz CT molecular complexity index is 454. The Hall–Kier alpha value is -1.77. The number of allylic oxidation sites excluding steroid dienone is 1. The first kappa shape index (κ1) is 17.3. The molecule has 21 heavy (non-hydrogen) atoms. The van der Waals surface area contributed by atoms with Gasteiger partial charge in [-0.05, 0) is 44.9 Å². The zero-order valence-corrected chi connectivity index (χ0v) is 13.5. The van der Waals surface area contributed by atoms with Gasteiger partial charge >= 0.3 is 5.97 Å². The molecule has 0 amide bonds. The molecule has 0 bridgehead atoms. The van der Waals surface area contributed by atoms with E-state index in [4.69, 9.17) is 9.47 Å². The van der Waals surface area contributed by atoms with Crippen LogP contribution in [0.5, 0.6) is 5.75 Å². The van der Waals surface area contributed by atoms with Crippen LogP contribution in [0.2, 0.25) is 0 Å². The Balaban J connectivity index is 2.55. The van der Waals surface area contributed by atoms with E-state index < -0.39 is 5.60 Å². The maximum Gasteiger partial charge on any atom is 0.344 e. The molecule has 0 aromatic heterocycles. The van der Waals surface area contributed by atoms with E-state index in [1.54, 1.807) is 0 Å². The van der Waals surface area contributed by atoms with Crippen LogP contribution in [-0.4, -0.2) is 18.2 Å². The number of hydrogen-bond acceptors (Lipinski definition) is 3. The van der Waals surface area contributed by atoms with Crippen molar-refractivity contribution in [1.82, 2.24) is 0 Å². The van der Waals surface area contributed by atoms with Gasteiger partial charge in [-0.1, -0.05) is 31.6 Å². The van der Waals surface area contributed by atoms with Gasteiger partial charge in [0.2, 0.25) is 0 Å². The van der Waals surface area contributed by atoms with E-state index in [2.05, 4.69) is 13.5 Å². The Morgan fingerprint density at radius 3 is 2.38 bits per heavy atom. The number of ether oxygens (including phenoxy) is 2. The lowest BCUT2D eigenvalue weighted by molar-refractivity contribution is -0.157. The van der Waals surface area contributed by atoms with Crippen LogP contribution < -0.4 is 4.74 Å². The van der Waals surface area contributed by atoms with Crippen LogP contribution in [0.15, 0.2) is 36.9 Å². The van der Waals surface area contributed by atoms with Gasteiger partial charge in [-0.3, -0.25) is 0 Å². The van der Waals surface area contributed by atoms with E-state index in [1.807, 2.05) is 51.1 Å². The average Bonchev–Trinajstić information content (AvgIpc) is 2.41. The van der Waals surface area contributed by atoms with Gasteiger partial charge in [0.05, 0.1) is 0 Å². The van der Waals surface area contributed by atoms with Crippen LogP contribution in [0.3, 0.4) is 0 Å². The smallest absolute Gasteiger partial charge is 0.344 e. The third kappa shape index (κ3) is 6.48. The van der Waals surface area contributed by atoms with Crippen molar-refractivity contribution >= 4 is 5.97 Å². The topological polar surface area (TPSA) is 35.5 Å². The summed E-state index contributed by atoms with van der Waals surface area (Å²) in [7, 11) is 0. The predicted octanol–water partition coefficient (Wildman–Crippen LogP) is 4.48. The number of hydrogen-bond donors (Lipinski definition) is 0. The summed E-state index contributed by atoms with van der Waals surface area (Å²) in [4.78, 5) is 11.6. The summed E-state index contributed by atoms with van der Waals surface area (Å²) in [6.07, 6.45) is 4.18. The molecule has 0 aliphatic rings. The van der Waals surface area contributed by atoms with Crippen LogP contribution >= 0.6 is 0 Å². The summed E-state index contributed by atoms with van der Waals surface area (Å²) in [6.45, 7) is 11.5. The standard InChI is InChI=1S/C18H26O3/c1-6-8-14(7-2)15-9-11-16(12-10-15)20-13-17(19)21-18(3,4)5/h7,9-12,14H,2,6,8,13H2,1,3-5H3. The highest BCUT2D eigenvalue weighted by molar-refractivity contribution is 5.71. The highest BCUT2D eigenvalue weighted by Gasteiger charge is 2.16. The van der Waals surface area contributed by atoms with Crippen LogP contribution in [0, 0.1) is 0 Å². The SMILES string of the molecule is C=CC(CCC)c1ccc(OCC(=O)OC(C)(C)C)cc1. The number of carbonyl (C=O) groups excluding carboxylic acids is 1. The molecule has 0 saturated heterocycles. The molecular weight excluding hydrogens is 264 g/mol. The quantitative estimate of drug-likeness (QED) is 0.549. The van der Waals surface area contributed by atoms with Gasteiger partial charge in [0.1, 0.15) is 11.4 Å². The van der Waals surface area contributed by atoms with Crippen molar-refractivity contribution in [2.45, 2.75) is 52.1 Å². The van der Waals surface area contributed by atoms with Gasteiger partial charge in [0.15, 0.2) is 6.61 Å². The Kier molecular flexibility index (Phi) is 6.47. The zero-order valence-electron chi connectivity index (χ0n) is 13.5. The van der Waals surface area contributed by atoms with Gasteiger partial charge in [0, 0.05) is 5.92 Å². The molecule has 116 valence electrons. The molecule has 0 saturated carbocycles. The van der Waals surface area contributed by atoms with Crippen LogP contribution in [0.25, 0.3) is 0 Å². The maximum atomic E-state index is 11.6. The minimum Gasteiger partial charge on any atom is -0.482 e. The Morgan fingerprint density at radius 2 is 1.90 bits per heavy atom. The molecule has 1 rings (SSSR count). The second kappa shape index (κ2) is 7.87. The summed E-state index contributed by atoms with van der Waals surface area (Å²) in [6, 6.07) is 7.80. The lowest BCUT2D eigenvalue weighted by Crippen LogP contribution is -2.27. The van der Waals surface area contributed by atoms with Gasteiger partial charge in [-0.25, -0.2) is 4.79 Å². The van der Waals surface area contributed by atoms with E-state index in [0.717, 1.165) is 12.8 Å². The highest BCUT2D eigenvalue weighted by atomic mass is 16.6. The first-order chi connectivity index (χ1) is 9.85. The van der Waals surface area contributed by atoms with Gasteiger partial charge < -0.3 is 9.47 Å². The summed E-state index contributed by atoms with van der Waals surface area (Å²) in [5.41, 5.74) is 0.734. The average molecular weight is 290 g/mol. The minimum absolute atomic E-state index is 0.0730. The van der Waals surface area contributed by atoms with Crippen LogP contribution in [-0.2, 0) is 9.53 Å². The molecule has 3 heteroatoms. The number of carbonyl (C=O) groups is 1. The molecule has 1 atom stereocenters. The molecule has 3 nitrogen and oxygen atoms in total. The first-order valence-electron chi connectivity index (χ1n) is 7.43. The normalized spacial score (nSPS) is 12.6. The van der Waals surface area contributed by atoms with E-state index in [0.29, 0.717) is 11.7 Å². The monoisotopic (exact) mass is 290 g/mol. The lowest BCUT2D eigenvalue weighted by atomic mass is 9.95. The molecule has 0 N–H and O–H groups in total. The largest absolute Gasteiger partial charge is 0.482 e. The number of esters is 1. The Morgan fingerprint density at radius 1 is 1.29 bits per heavy atom. The maximum absolute atomic E-state index is 11.6. The summed E-state index contributed by atoms with van der Waals surface area (Å²) in [5.74, 6) is 0.681. The summed E-state index contributed by atoms with van der Waals surface area (Å²) >= 11 is 0. The molecule has 1 aromatic rings. The van der Waals surface area contributed by atoms with Crippen molar-refractivity contribution in [2.75, 3.05) is 6.61 Å². The van der Waals surface area contributed by atoms with Crippen LogP contribution in [0.1, 0.15) is 52.0 Å². The van der Waals surface area contributed by atoms with Gasteiger partial charge in [-0.15, -0.1) is 6.58 Å². The van der Waals surface area contributed by atoms with E-state index in [9.17, 15) is 4.79 Å². The molecule has 0 aliphatic heterocycles. The van der Waals surface area contributed by atoms with Crippen LogP contribution in [0.4, 0.5) is 0 Å².